The summed E-state index contributed by atoms with van der Waals surface area (Å²) in [6, 6.07) is 4.75. The quantitative estimate of drug-likeness (QED) is 0.927. The van der Waals surface area contributed by atoms with Crippen molar-refractivity contribution in [1.82, 2.24) is 14.5 Å². The molecular weight excluding hydrogens is 248 g/mol. The molecule has 0 aliphatic heterocycles. The summed E-state index contributed by atoms with van der Waals surface area (Å²) in [7, 11) is 0. The van der Waals surface area contributed by atoms with E-state index in [1.54, 1.807) is 6.20 Å². The normalized spacial score (nSPS) is 22.7. The van der Waals surface area contributed by atoms with Crippen molar-refractivity contribution in [3.63, 3.8) is 0 Å². The Bertz CT molecular complexity index is 558. The molecule has 2 aromatic rings. The smallest absolute Gasteiger partial charge is 0.138 e. The van der Waals surface area contributed by atoms with Crippen LogP contribution < -0.4 is 5.32 Å². The van der Waals surface area contributed by atoms with Gasteiger partial charge in [0.2, 0.25) is 0 Å². The molecule has 4 nitrogen and oxygen atoms in total. The third-order valence-corrected chi connectivity index (χ3v) is 4.28. The maximum Gasteiger partial charge on any atom is 0.138 e. The Morgan fingerprint density at radius 3 is 2.70 bits per heavy atom. The van der Waals surface area contributed by atoms with Crippen LogP contribution >= 0.6 is 0 Å². The molecule has 1 saturated carbocycles. The molecule has 0 saturated heterocycles. The Morgan fingerprint density at radius 2 is 2.05 bits per heavy atom. The summed E-state index contributed by atoms with van der Waals surface area (Å²) in [5.74, 6) is 2.63. The number of aryl methyl sites for hydroxylation is 1. The average Bonchev–Trinajstić information content (AvgIpc) is 2.89. The van der Waals surface area contributed by atoms with E-state index in [-0.39, 0.29) is 0 Å². The van der Waals surface area contributed by atoms with E-state index < -0.39 is 0 Å². The predicted octanol–water partition coefficient (Wildman–Crippen LogP) is 3.57. The SMILES string of the molecule is Cc1nccn1-c1ccc(NC2CCCCC2C)cn1. The second-order valence-corrected chi connectivity index (χ2v) is 5.76. The summed E-state index contributed by atoms with van der Waals surface area (Å²) in [5, 5.41) is 3.63. The van der Waals surface area contributed by atoms with E-state index in [0.717, 1.165) is 23.2 Å². The van der Waals surface area contributed by atoms with Crippen LogP contribution in [0.5, 0.6) is 0 Å². The molecule has 0 aromatic carbocycles. The van der Waals surface area contributed by atoms with Gasteiger partial charge in [-0.05, 0) is 37.8 Å². The molecule has 1 N–H and O–H groups in total. The Labute approximate surface area is 120 Å². The maximum atomic E-state index is 4.53. The fourth-order valence-corrected chi connectivity index (χ4v) is 2.98. The number of hydrogen-bond acceptors (Lipinski definition) is 3. The minimum Gasteiger partial charge on any atom is -0.381 e. The van der Waals surface area contributed by atoms with Crippen molar-refractivity contribution in [3.05, 3.63) is 36.5 Å². The summed E-state index contributed by atoms with van der Waals surface area (Å²) in [6.45, 7) is 4.32. The molecule has 2 aromatic heterocycles. The van der Waals surface area contributed by atoms with Gasteiger partial charge in [-0.15, -0.1) is 0 Å². The topological polar surface area (TPSA) is 42.7 Å². The maximum absolute atomic E-state index is 4.53. The number of nitrogens with one attached hydrogen (secondary N) is 1. The Hall–Kier alpha value is -1.84. The van der Waals surface area contributed by atoms with Gasteiger partial charge < -0.3 is 5.32 Å². The molecule has 1 fully saturated rings. The monoisotopic (exact) mass is 270 g/mol. The van der Waals surface area contributed by atoms with Gasteiger partial charge in [-0.1, -0.05) is 19.8 Å². The number of hydrogen-bond donors (Lipinski definition) is 1. The van der Waals surface area contributed by atoms with Gasteiger partial charge in [-0.25, -0.2) is 9.97 Å². The van der Waals surface area contributed by atoms with Crippen molar-refractivity contribution in [2.45, 2.75) is 45.6 Å². The highest BCUT2D eigenvalue weighted by Gasteiger charge is 2.20. The molecule has 0 spiro atoms. The van der Waals surface area contributed by atoms with Crippen molar-refractivity contribution >= 4 is 5.69 Å². The minimum atomic E-state index is 0.589. The number of rotatable bonds is 3. The molecule has 106 valence electrons. The molecule has 2 atom stereocenters. The first-order chi connectivity index (χ1) is 9.74. The highest BCUT2D eigenvalue weighted by molar-refractivity contribution is 5.45. The molecule has 0 radical (unpaired) electrons. The molecule has 1 aliphatic rings. The molecular formula is C16H22N4. The van der Waals surface area contributed by atoms with Gasteiger partial charge in [-0.3, -0.25) is 4.57 Å². The molecule has 0 bridgehead atoms. The molecule has 2 heterocycles. The van der Waals surface area contributed by atoms with Crippen molar-refractivity contribution in [3.8, 4) is 5.82 Å². The van der Waals surface area contributed by atoms with Crippen molar-refractivity contribution in [2.24, 2.45) is 5.92 Å². The van der Waals surface area contributed by atoms with E-state index in [4.69, 9.17) is 0 Å². The highest BCUT2D eigenvalue weighted by Crippen LogP contribution is 2.26. The van der Waals surface area contributed by atoms with E-state index >= 15 is 0 Å². The summed E-state index contributed by atoms with van der Waals surface area (Å²) in [4.78, 5) is 8.76. The van der Waals surface area contributed by atoms with Crippen LogP contribution in [0.3, 0.4) is 0 Å². The first kappa shape index (κ1) is 13.2. The summed E-state index contributed by atoms with van der Waals surface area (Å²) >= 11 is 0. The lowest BCUT2D eigenvalue weighted by molar-refractivity contribution is 0.349. The van der Waals surface area contributed by atoms with Crippen LogP contribution in [0.1, 0.15) is 38.4 Å². The lowest BCUT2D eigenvalue weighted by atomic mass is 9.86. The second-order valence-electron chi connectivity index (χ2n) is 5.76. The minimum absolute atomic E-state index is 0.589. The molecule has 0 amide bonds. The van der Waals surface area contributed by atoms with Gasteiger partial charge in [0.05, 0.1) is 11.9 Å². The molecule has 4 heteroatoms. The van der Waals surface area contributed by atoms with E-state index in [9.17, 15) is 0 Å². The largest absolute Gasteiger partial charge is 0.381 e. The van der Waals surface area contributed by atoms with Crippen LogP contribution in [0.2, 0.25) is 0 Å². The summed E-state index contributed by atoms with van der Waals surface area (Å²) in [6.07, 6.45) is 11.0. The van der Waals surface area contributed by atoms with Crippen molar-refractivity contribution in [1.29, 1.82) is 0 Å². The van der Waals surface area contributed by atoms with E-state index in [1.165, 1.54) is 25.7 Å². The molecule has 2 unspecified atom stereocenters. The second kappa shape index (κ2) is 5.65. The van der Waals surface area contributed by atoms with Crippen molar-refractivity contribution < 1.29 is 0 Å². The third kappa shape index (κ3) is 2.69. The predicted molar refractivity (Wildman–Crippen MR) is 81.1 cm³/mol. The van der Waals surface area contributed by atoms with Crippen molar-refractivity contribution in [2.75, 3.05) is 5.32 Å². The van der Waals surface area contributed by atoms with Crippen LogP contribution in [0, 0.1) is 12.8 Å². The van der Waals surface area contributed by atoms with Gasteiger partial charge in [-0.2, -0.15) is 0 Å². The van der Waals surface area contributed by atoms with Gasteiger partial charge in [0.15, 0.2) is 0 Å². The number of anilines is 1. The summed E-state index contributed by atoms with van der Waals surface area (Å²) in [5.41, 5.74) is 1.12. The average molecular weight is 270 g/mol. The number of imidazole rings is 1. The Balaban J connectivity index is 1.71. The standard InChI is InChI=1S/C16H22N4/c1-12-5-3-4-6-15(12)19-14-7-8-16(18-11-14)20-10-9-17-13(20)2/h7-12,15,19H,3-6H2,1-2H3. The zero-order chi connectivity index (χ0) is 13.9. The van der Waals surface area contributed by atoms with Gasteiger partial charge in [0.25, 0.3) is 0 Å². The van der Waals surface area contributed by atoms with E-state index in [2.05, 4.69) is 28.3 Å². The van der Waals surface area contributed by atoms with Crippen LogP contribution in [-0.4, -0.2) is 20.6 Å². The molecule has 1 aliphatic carbocycles. The summed E-state index contributed by atoms with van der Waals surface area (Å²) < 4.78 is 1.99. The third-order valence-electron chi connectivity index (χ3n) is 4.28. The highest BCUT2D eigenvalue weighted by atomic mass is 15.1. The van der Waals surface area contributed by atoms with Crippen LogP contribution in [0.15, 0.2) is 30.7 Å². The zero-order valence-corrected chi connectivity index (χ0v) is 12.2. The van der Waals surface area contributed by atoms with E-state index in [0.29, 0.717) is 6.04 Å². The number of aromatic nitrogens is 3. The van der Waals surface area contributed by atoms with Crippen LogP contribution in [0.4, 0.5) is 5.69 Å². The van der Waals surface area contributed by atoms with Gasteiger partial charge >= 0.3 is 0 Å². The fraction of sp³-hybridized carbons (Fsp3) is 0.500. The fourth-order valence-electron chi connectivity index (χ4n) is 2.98. The van der Waals surface area contributed by atoms with E-state index in [1.807, 2.05) is 30.0 Å². The van der Waals surface area contributed by atoms with Crippen LogP contribution in [0.25, 0.3) is 5.82 Å². The lowest BCUT2D eigenvalue weighted by Gasteiger charge is -2.30. The van der Waals surface area contributed by atoms with Gasteiger partial charge in [0, 0.05) is 18.4 Å². The number of nitrogens with zero attached hydrogens (tertiary/aromatic N) is 3. The first-order valence-corrected chi connectivity index (χ1v) is 7.47. The Morgan fingerprint density at radius 1 is 1.20 bits per heavy atom. The lowest BCUT2D eigenvalue weighted by Crippen LogP contribution is -2.30. The Kier molecular flexibility index (Phi) is 3.72. The molecule has 20 heavy (non-hydrogen) atoms. The van der Waals surface area contributed by atoms with Gasteiger partial charge in [0.1, 0.15) is 11.6 Å². The first-order valence-electron chi connectivity index (χ1n) is 7.47. The number of pyridine rings is 1. The zero-order valence-electron chi connectivity index (χ0n) is 12.2. The van der Waals surface area contributed by atoms with Crippen LogP contribution in [-0.2, 0) is 0 Å². The molecule has 3 rings (SSSR count).